The number of hydrogen-bond acceptors (Lipinski definition) is 3. The number of aryl methyl sites for hydroxylation is 1. The van der Waals surface area contributed by atoms with E-state index in [1.54, 1.807) is 0 Å². The lowest BCUT2D eigenvalue weighted by atomic mass is 9.85. The minimum Gasteiger partial charge on any atom is -0.481 e. The molecule has 0 radical (unpaired) electrons. The molecule has 0 aliphatic heterocycles. The van der Waals surface area contributed by atoms with Crippen LogP contribution in [0.15, 0.2) is 24.3 Å². The summed E-state index contributed by atoms with van der Waals surface area (Å²) in [4.78, 5) is 11.6. The van der Waals surface area contributed by atoms with Crippen molar-refractivity contribution in [1.29, 1.82) is 0 Å². The molecule has 0 fully saturated rings. The van der Waals surface area contributed by atoms with Crippen LogP contribution >= 0.6 is 0 Å². The summed E-state index contributed by atoms with van der Waals surface area (Å²) in [6.45, 7) is 5.53. The lowest BCUT2D eigenvalue weighted by Gasteiger charge is -2.28. The van der Waals surface area contributed by atoms with Crippen LogP contribution in [-0.2, 0) is 16.0 Å². The predicted molar refractivity (Wildman–Crippen MR) is 80.1 cm³/mol. The van der Waals surface area contributed by atoms with Gasteiger partial charge in [-0.05, 0) is 50.7 Å². The van der Waals surface area contributed by atoms with Crippen LogP contribution in [0, 0.1) is 5.92 Å². The SMILES string of the molecule is CC(C)(C)OC(O)C[C@H](C(=O)O)[C@H]1CCc2ccccc21. The first-order valence-electron chi connectivity index (χ1n) is 7.44. The summed E-state index contributed by atoms with van der Waals surface area (Å²) in [7, 11) is 0. The van der Waals surface area contributed by atoms with Crippen LogP contribution in [0.4, 0.5) is 0 Å². The van der Waals surface area contributed by atoms with Gasteiger partial charge in [0, 0.05) is 6.42 Å². The van der Waals surface area contributed by atoms with Gasteiger partial charge in [-0.3, -0.25) is 4.79 Å². The second-order valence-corrected chi connectivity index (χ2v) is 6.71. The molecule has 1 aromatic carbocycles. The number of fused-ring (bicyclic) bond motifs is 1. The highest BCUT2D eigenvalue weighted by molar-refractivity contribution is 5.72. The third kappa shape index (κ3) is 4.05. The van der Waals surface area contributed by atoms with Gasteiger partial charge in [-0.2, -0.15) is 0 Å². The number of hydrogen-bond donors (Lipinski definition) is 2. The summed E-state index contributed by atoms with van der Waals surface area (Å²) in [6.07, 6.45) is 0.782. The van der Waals surface area contributed by atoms with Crippen LogP contribution in [0.1, 0.15) is 50.7 Å². The molecule has 0 heterocycles. The summed E-state index contributed by atoms with van der Waals surface area (Å²) in [5.74, 6) is -1.53. The van der Waals surface area contributed by atoms with Crippen molar-refractivity contribution in [2.24, 2.45) is 5.92 Å². The average molecular weight is 292 g/mol. The van der Waals surface area contributed by atoms with Crippen molar-refractivity contribution in [3.05, 3.63) is 35.4 Å². The molecule has 1 aliphatic carbocycles. The van der Waals surface area contributed by atoms with E-state index in [9.17, 15) is 15.0 Å². The number of carboxylic acid groups (broad SMARTS) is 1. The van der Waals surface area contributed by atoms with Gasteiger partial charge in [0.25, 0.3) is 0 Å². The zero-order chi connectivity index (χ0) is 15.6. The van der Waals surface area contributed by atoms with E-state index >= 15 is 0 Å². The molecule has 4 nitrogen and oxygen atoms in total. The maximum atomic E-state index is 11.6. The van der Waals surface area contributed by atoms with E-state index in [2.05, 4.69) is 6.07 Å². The van der Waals surface area contributed by atoms with Gasteiger partial charge in [0.2, 0.25) is 0 Å². The Kier molecular flexibility index (Phi) is 4.69. The standard InChI is InChI=1S/C17H24O4/c1-17(2,3)21-15(18)10-14(16(19)20)13-9-8-11-6-4-5-7-12(11)13/h4-7,13-15,18H,8-10H2,1-3H3,(H,19,20)/t13-,14-,15?/m0/s1. The van der Waals surface area contributed by atoms with Gasteiger partial charge >= 0.3 is 5.97 Å². The van der Waals surface area contributed by atoms with Crippen molar-refractivity contribution in [2.75, 3.05) is 0 Å². The van der Waals surface area contributed by atoms with Crippen LogP contribution in [0.25, 0.3) is 0 Å². The molecule has 1 aliphatic rings. The number of aliphatic carboxylic acids is 1. The highest BCUT2D eigenvalue weighted by Gasteiger charge is 2.36. The molecule has 0 amide bonds. The molecule has 0 spiro atoms. The topological polar surface area (TPSA) is 66.8 Å². The first-order valence-corrected chi connectivity index (χ1v) is 7.44. The van der Waals surface area contributed by atoms with Crippen molar-refractivity contribution in [1.82, 2.24) is 0 Å². The molecule has 0 aromatic heterocycles. The van der Waals surface area contributed by atoms with Crippen LogP contribution in [-0.4, -0.2) is 28.1 Å². The molecule has 21 heavy (non-hydrogen) atoms. The number of benzene rings is 1. The minimum absolute atomic E-state index is 0.0445. The van der Waals surface area contributed by atoms with Crippen LogP contribution in [0.2, 0.25) is 0 Å². The van der Waals surface area contributed by atoms with Crippen LogP contribution in [0.5, 0.6) is 0 Å². The number of carboxylic acids is 1. The third-order valence-corrected chi connectivity index (χ3v) is 3.93. The smallest absolute Gasteiger partial charge is 0.307 e. The Morgan fingerprint density at radius 1 is 1.38 bits per heavy atom. The van der Waals surface area contributed by atoms with Crippen molar-refractivity contribution in [3.63, 3.8) is 0 Å². The quantitative estimate of drug-likeness (QED) is 0.819. The van der Waals surface area contributed by atoms with Gasteiger partial charge in [0.1, 0.15) is 0 Å². The zero-order valence-electron chi connectivity index (χ0n) is 12.9. The van der Waals surface area contributed by atoms with E-state index in [4.69, 9.17) is 4.74 Å². The van der Waals surface area contributed by atoms with Crippen molar-refractivity contribution >= 4 is 5.97 Å². The molecule has 1 unspecified atom stereocenters. The second kappa shape index (κ2) is 6.16. The average Bonchev–Trinajstić information content (AvgIpc) is 2.77. The normalized spacial score (nSPS) is 20.9. The van der Waals surface area contributed by atoms with Gasteiger partial charge < -0.3 is 14.9 Å². The lowest BCUT2D eigenvalue weighted by molar-refractivity contribution is -0.180. The van der Waals surface area contributed by atoms with E-state index in [0.717, 1.165) is 18.4 Å². The first-order chi connectivity index (χ1) is 9.78. The highest BCUT2D eigenvalue weighted by Crippen LogP contribution is 2.40. The summed E-state index contributed by atoms with van der Waals surface area (Å²) in [5, 5.41) is 19.6. The fraction of sp³-hybridized carbons (Fsp3) is 0.588. The minimum atomic E-state index is -1.06. The molecule has 0 bridgehead atoms. The van der Waals surface area contributed by atoms with Crippen molar-refractivity contribution in [2.45, 2.75) is 57.8 Å². The van der Waals surface area contributed by atoms with Gasteiger partial charge in [-0.25, -0.2) is 0 Å². The molecule has 116 valence electrons. The van der Waals surface area contributed by atoms with E-state index in [-0.39, 0.29) is 12.3 Å². The monoisotopic (exact) mass is 292 g/mol. The number of aliphatic hydroxyl groups is 1. The number of aliphatic hydroxyl groups excluding tert-OH is 1. The molecule has 1 aromatic rings. The number of rotatable bonds is 5. The van der Waals surface area contributed by atoms with Crippen LogP contribution in [0.3, 0.4) is 0 Å². The van der Waals surface area contributed by atoms with Gasteiger partial charge in [0.05, 0.1) is 11.5 Å². The molecular weight excluding hydrogens is 268 g/mol. The lowest BCUT2D eigenvalue weighted by Crippen LogP contribution is -2.32. The third-order valence-electron chi connectivity index (χ3n) is 3.93. The molecule has 0 saturated heterocycles. The van der Waals surface area contributed by atoms with Gasteiger partial charge in [-0.1, -0.05) is 24.3 Å². The Morgan fingerprint density at radius 3 is 2.67 bits per heavy atom. The maximum absolute atomic E-state index is 11.6. The predicted octanol–water partition coefficient (Wildman–Crippen LogP) is 2.94. The van der Waals surface area contributed by atoms with Crippen molar-refractivity contribution in [3.8, 4) is 0 Å². The fourth-order valence-corrected chi connectivity index (χ4v) is 3.12. The largest absolute Gasteiger partial charge is 0.481 e. The van der Waals surface area contributed by atoms with E-state index < -0.39 is 23.8 Å². The first kappa shape index (κ1) is 16.0. The number of carbonyl (C=O) groups is 1. The molecule has 2 N–H and O–H groups in total. The summed E-state index contributed by atoms with van der Waals surface area (Å²) >= 11 is 0. The molecule has 0 saturated carbocycles. The highest BCUT2D eigenvalue weighted by atomic mass is 16.6. The Balaban J connectivity index is 2.12. The molecule has 2 rings (SSSR count). The van der Waals surface area contributed by atoms with E-state index in [0.29, 0.717) is 0 Å². The van der Waals surface area contributed by atoms with Gasteiger partial charge in [0.15, 0.2) is 6.29 Å². The fourth-order valence-electron chi connectivity index (χ4n) is 3.12. The Morgan fingerprint density at radius 2 is 2.05 bits per heavy atom. The summed E-state index contributed by atoms with van der Waals surface area (Å²) < 4.78 is 5.46. The Labute approximate surface area is 125 Å². The molecule has 4 heteroatoms. The van der Waals surface area contributed by atoms with Crippen LogP contribution < -0.4 is 0 Å². The van der Waals surface area contributed by atoms with Gasteiger partial charge in [-0.15, -0.1) is 0 Å². The maximum Gasteiger partial charge on any atom is 0.307 e. The summed E-state index contributed by atoms with van der Waals surface area (Å²) in [5.41, 5.74) is 1.84. The second-order valence-electron chi connectivity index (χ2n) is 6.71. The number of ether oxygens (including phenoxy) is 1. The van der Waals surface area contributed by atoms with E-state index in [1.165, 1.54) is 5.56 Å². The summed E-state index contributed by atoms with van der Waals surface area (Å²) in [6, 6.07) is 7.98. The van der Waals surface area contributed by atoms with E-state index in [1.807, 2.05) is 39.0 Å². The molecule has 3 atom stereocenters. The Hall–Kier alpha value is -1.39. The zero-order valence-corrected chi connectivity index (χ0v) is 12.9. The van der Waals surface area contributed by atoms with Crippen molar-refractivity contribution < 1.29 is 19.7 Å². The Bertz CT molecular complexity index is 504. The molecular formula is C17H24O4.